The molecule has 0 unspecified atom stereocenters. The van der Waals surface area contributed by atoms with Gasteiger partial charge in [0.05, 0.1) is 13.2 Å². The van der Waals surface area contributed by atoms with Crippen LogP contribution in [0.3, 0.4) is 0 Å². The average Bonchev–Trinajstić information content (AvgIpc) is 2.41. The number of rotatable bonds is 9. The molecular weight excluding hydrogens is 236 g/mol. The quantitative estimate of drug-likeness (QED) is 0.663. The van der Waals surface area contributed by atoms with E-state index in [4.69, 9.17) is 14.2 Å². The lowest BCUT2D eigenvalue weighted by Crippen LogP contribution is -2.11. The molecule has 102 valence electrons. The largest absolute Gasteiger partial charge is 0.463 e. The van der Waals surface area contributed by atoms with Crippen LogP contribution >= 0.6 is 0 Å². The minimum atomic E-state index is 0.236. The molecule has 0 aliphatic carbocycles. The van der Waals surface area contributed by atoms with Crippen LogP contribution in [0.25, 0.3) is 0 Å². The van der Waals surface area contributed by atoms with E-state index in [9.17, 15) is 0 Å². The molecule has 1 N–H and O–H groups in total. The summed E-state index contributed by atoms with van der Waals surface area (Å²) in [7, 11) is 1.73. The van der Waals surface area contributed by atoms with E-state index in [2.05, 4.69) is 20.3 Å². The maximum Gasteiger partial charge on any atom is 0.324 e. The minimum Gasteiger partial charge on any atom is -0.463 e. The van der Waals surface area contributed by atoms with Gasteiger partial charge in [-0.05, 0) is 13.3 Å². The Morgan fingerprint density at radius 3 is 2.17 bits per heavy atom. The summed E-state index contributed by atoms with van der Waals surface area (Å²) in [5, 5.41) is 2.83. The van der Waals surface area contributed by atoms with Gasteiger partial charge in [-0.2, -0.15) is 9.97 Å². The Hall–Kier alpha value is -1.63. The molecule has 0 saturated heterocycles. The normalized spacial score (nSPS) is 10.2. The first kappa shape index (κ1) is 14.4. The van der Waals surface area contributed by atoms with Crippen molar-refractivity contribution in [2.24, 2.45) is 0 Å². The van der Waals surface area contributed by atoms with Crippen LogP contribution in [0.1, 0.15) is 20.3 Å². The fraction of sp³-hybridized carbons (Fsp3) is 0.727. The number of anilines is 1. The Bertz CT molecular complexity index is 349. The molecule has 0 spiro atoms. The Kier molecular flexibility index (Phi) is 6.78. The zero-order valence-electron chi connectivity index (χ0n) is 11.1. The number of ether oxygens (including phenoxy) is 3. The van der Waals surface area contributed by atoms with Crippen molar-refractivity contribution in [2.75, 3.05) is 38.8 Å². The Labute approximate surface area is 107 Å². The van der Waals surface area contributed by atoms with Gasteiger partial charge in [0.2, 0.25) is 5.95 Å². The number of nitrogens with zero attached hydrogens (tertiary/aromatic N) is 3. The highest BCUT2D eigenvalue weighted by atomic mass is 16.5. The van der Waals surface area contributed by atoms with Gasteiger partial charge >= 0.3 is 12.0 Å². The smallest absolute Gasteiger partial charge is 0.324 e. The lowest BCUT2D eigenvalue weighted by Gasteiger charge is -2.08. The third-order valence-corrected chi connectivity index (χ3v) is 1.92. The Morgan fingerprint density at radius 1 is 0.944 bits per heavy atom. The summed E-state index contributed by atoms with van der Waals surface area (Å²) in [6.45, 7) is 6.06. The first-order valence-corrected chi connectivity index (χ1v) is 6.07. The number of nitrogens with one attached hydrogen (secondary N) is 1. The van der Waals surface area contributed by atoms with Gasteiger partial charge in [0.1, 0.15) is 6.61 Å². The van der Waals surface area contributed by atoms with Crippen molar-refractivity contribution in [3.05, 3.63) is 0 Å². The van der Waals surface area contributed by atoms with Crippen molar-refractivity contribution in [1.29, 1.82) is 0 Å². The first-order chi connectivity index (χ1) is 8.80. The van der Waals surface area contributed by atoms with Gasteiger partial charge in [-0.3, -0.25) is 0 Å². The average molecular weight is 256 g/mol. The van der Waals surface area contributed by atoms with Crippen LogP contribution < -0.4 is 14.8 Å². The number of aromatic nitrogens is 3. The summed E-state index contributed by atoms with van der Waals surface area (Å²) in [6.07, 6.45) is 0.890. The molecule has 0 atom stereocenters. The zero-order valence-corrected chi connectivity index (χ0v) is 11.1. The van der Waals surface area contributed by atoms with E-state index in [-0.39, 0.29) is 12.0 Å². The molecule has 1 rings (SSSR count). The van der Waals surface area contributed by atoms with Crippen molar-refractivity contribution in [2.45, 2.75) is 20.3 Å². The molecule has 1 aromatic heterocycles. The topological polar surface area (TPSA) is 78.4 Å². The van der Waals surface area contributed by atoms with E-state index in [1.165, 1.54) is 0 Å². The molecule has 0 aliphatic heterocycles. The van der Waals surface area contributed by atoms with Gasteiger partial charge in [-0.1, -0.05) is 6.92 Å². The van der Waals surface area contributed by atoms with E-state index in [1.54, 1.807) is 7.05 Å². The van der Waals surface area contributed by atoms with Gasteiger partial charge in [0.25, 0.3) is 0 Å². The molecule has 7 nitrogen and oxygen atoms in total. The predicted molar refractivity (Wildman–Crippen MR) is 67.1 cm³/mol. The first-order valence-electron chi connectivity index (χ1n) is 6.07. The van der Waals surface area contributed by atoms with Gasteiger partial charge < -0.3 is 19.5 Å². The van der Waals surface area contributed by atoms with Crippen LogP contribution in [0.5, 0.6) is 12.0 Å². The highest BCUT2D eigenvalue weighted by molar-refractivity contribution is 5.26. The minimum absolute atomic E-state index is 0.236. The number of hydrogen-bond donors (Lipinski definition) is 1. The molecule has 0 amide bonds. The summed E-state index contributed by atoms with van der Waals surface area (Å²) in [6, 6.07) is 0.503. The van der Waals surface area contributed by atoms with Crippen molar-refractivity contribution < 1.29 is 14.2 Å². The second-order valence-electron chi connectivity index (χ2n) is 3.37. The van der Waals surface area contributed by atoms with Crippen molar-refractivity contribution in [1.82, 2.24) is 15.0 Å². The van der Waals surface area contributed by atoms with Crippen LogP contribution in [0.15, 0.2) is 0 Å². The monoisotopic (exact) mass is 256 g/mol. The van der Waals surface area contributed by atoms with Crippen LogP contribution in [0.4, 0.5) is 5.95 Å². The van der Waals surface area contributed by atoms with Gasteiger partial charge in [0, 0.05) is 13.7 Å². The summed E-state index contributed by atoms with van der Waals surface area (Å²) in [5.74, 6) is 0.419. The molecule has 0 fully saturated rings. The van der Waals surface area contributed by atoms with Crippen molar-refractivity contribution in [3.8, 4) is 12.0 Å². The Balaban J connectivity index is 2.58. The molecule has 0 aromatic carbocycles. The maximum absolute atomic E-state index is 5.36. The molecule has 1 heterocycles. The molecule has 18 heavy (non-hydrogen) atoms. The van der Waals surface area contributed by atoms with Gasteiger partial charge in [-0.25, -0.2) is 0 Å². The number of hydrogen-bond acceptors (Lipinski definition) is 7. The van der Waals surface area contributed by atoms with E-state index < -0.39 is 0 Å². The SMILES string of the molecule is CCCOc1nc(NC)nc(OCCOCC)n1. The van der Waals surface area contributed by atoms with E-state index in [0.29, 0.717) is 32.4 Å². The molecule has 1 aromatic rings. The predicted octanol–water partition coefficient (Wildman–Crippen LogP) is 1.12. The highest BCUT2D eigenvalue weighted by Gasteiger charge is 2.07. The highest BCUT2D eigenvalue weighted by Crippen LogP contribution is 2.12. The Morgan fingerprint density at radius 2 is 1.61 bits per heavy atom. The van der Waals surface area contributed by atoms with Crippen LogP contribution in [0, 0.1) is 0 Å². The summed E-state index contributed by atoms with van der Waals surface area (Å²) < 4.78 is 15.9. The van der Waals surface area contributed by atoms with Crippen LogP contribution in [-0.4, -0.2) is 48.4 Å². The maximum atomic E-state index is 5.36. The third kappa shape index (κ3) is 5.13. The van der Waals surface area contributed by atoms with E-state index in [0.717, 1.165) is 6.42 Å². The molecule has 0 radical (unpaired) electrons. The van der Waals surface area contributed by atoms with Crippen molar-refractivity contribution in [3.63, 3.8) is 0 Å². The molecule has 7 heteroatoms. The second kappa shape index (κ2) is 8.46. The summed E-state index contributed by atoms with van der Waals surface area (Å²) >= 11 is 0. The standard InChI is InChI=1S/C11H20N4O3/c1-4-6-17-10-13-9(12-3)14-11(15-10)18-8-7-16-5-2/h4-8H2,1-3H3,(H,12,13,14,15). The van der Waals surface area contributed by atoms with Gasteiger partial charge in [-0.15, -0.1) is 4.98 Å². The zero-order chi connectivity index (χ0) is 13.2. The molecular formula is C11H20N4O3. The fourth-order valence-electron chi connectivity index (χ4n) is 1.11. The van der Waals surface area contributed by atoms with Gasteiger partial charge in [0.15, 0.2) is 0 Å². The van der Waals surface area contributed by atoms with E-state index in [1.807, 2.05) is 13.8 Å². The third-order valence-electron chi connectivity index (χ3n) is 1.92. The molecule has 0 aliphatic rings. The lowest BCUT2D eigenvalue weighted by atomic mass is 10.5. The molecule has 0 saturated carbocycles. The summed E-state index contributed by atoms with van der Waals surface area (Å²) in [5.41, 5.74) is 0. The fourth-order valence-corrected chi connectivity index (χ4v) is 1.11. The molecule has 0 bridgehead atoms. The second-order valence-corrected chi connectivity index (χ2v) is 3.37. The van der Waals surface area contributed by atoms with Crippen LogP contribution in [-0.2, 0) is 4.74 Å². The summed E-state index contributed by atoms with van der Waals surface area (Å²) in [4.78, 5) is 12.2. The van der Waals surface area contributed by atoms with Crippen molar-refractivity contribution >= 4 is 5.95 Å². The lowest BCUT2D eigenvalue weighted by molar-refractivity contribution is 0.106. The van der Waals surface area contributed by atoms with E-state index >= 15 is 0 Å². The van der Waals surface area contributed by atoms with Crippen LogP contribution in [0.2, 0.25) is 0 Å².